The van der Waals surface area contributed by atoms with Crippen LogP contribution in [-0.2, 0) is 9.53 Å². The molecule has 2 aromatic rings. The Kier molecular flexibility index (Phi) is 7.38. The maximum atomic E-state index is 12.3. The summed E-state index contributed by atoms with van der Waals surface area (Å²) in [5.41, 5.74) is 0.322. The molecule has 6 heteroatoms. The predicted octanol–water partition coefficient (Wildman–Crippen LogP) is 3.16. The van der Waals surface area contributed by atoms with E-state index in [1.165, 1.54) is 18.9 Å². The molecular weight excluding hydrogens is 332 g/mol. The Labute approximate surface area is 152 Å². The van der Waals surface area contributed by atoms with E-state index in [0.29, 0.717) is 10.9 Å². The number of nitrogens with one attached hydrogen (secondary N) is 2. The van der Waals surface area contributed by atoms with Gasteiger partial charge in [0.2, 0.25) is 5.56 Å². The van der Waals surface area contributed by atoms with Gasteiger partial charge in [-0.05, 0) is 19.4 Å². The lowest BCUT2D eigenvalue weighted by Crippen LogP contribution is -2.35. The molecule has 6 nitrogen and oxygen atoms in total. The first-order chi connectivity index (χ1) is 12.5. The van der Waals surface area contributed by atoms with Crippen LogP contribution in [0.1, 0.15) is 56.3 Å². The van der Waals surface area contributed by atoms with Gasteiger partial charge in [0.05, 0.1) is 5.56 Å². The summed E-state index contributed by atoms with van der Waals surface area (Å²) in [6, 6.07) is 8.20. The summed E-state index contributed by atoms with van der Waals surface area (Å²) in [4.78, 5) is 38.6. The molecule has 0 aliphatic heterocycles. The van der Waals surface area contributed by atoms with Crippen molar-refractivity contribution in [3.63, 3.8) is 0 Å². The lowest BCUT2D eigenvalue weighted by molar-refractivity contribution is -0.124. The molecule has 0 unspecified atom stereocenters. The van der Waals surface area contributed by atoms with Crippen molar-refractivity contribution in [1.82, 2.24) is 10.3 Å². The molecule has 140 valence electrons. The van der Waals surface area contributed by atoms with E-state index in [1.807, 2.05) is 6.92 Å². The number of rotatable bonds is 9. The quantitative estimate of drug-likeness (QED) is 0.532. The summed E-state index contributed by atoms with van der Waals surface area (Å²) in [5, 5.41) is 3.41. The Morgan fingerprint density at radius 3 is 2.73 bits per heavy atom. The minimum absolute atomic E-state index is 0.0402. The molecular formula is C20H26N2O4. The number of aromatic nitrogens is 1. The zero-order valence-electron chi connectivity index (χ0n) is 15.3. The highest BCUT2D eigenvalue weighted by molar-refractivity contribution is 6.03. The van der Waals surface area contributed by atoms with Crippen molar-refractivity contribution in [3.05, 3.63) is 46.2 Å². The number of esters is 1. The summed E-state index contributed by atoms with van der Waals surface area (Å²) >= 11 is 0. The third-order valence-corrected chi connectivity index (χ3v) is 4.20. The molecule has 0 aliphatic carbocycles. The first kappa shape index (κ1) is 19.7. The number of benzene rings is 1. The maximum absolute atomic E-state index is 12.3. The second kappa shape index (κ2) is 9.75. The lowest BCUT2D eigenvalue weighted by atomic mass is 10.1. The highest BCUT2D eigenvalue weighted by atomic mass is 16.5. The molecule has 1 aromatic carbocycles. The molecule has 1 amide bonds. The number of aromatic amines is 1. The number of fused-ring (bicyclic) bond motifs is 1. The van der Waals surface area contributed by atoms with Crippen LogP contribution in [0.15, 0.2) is 35.1 Å². The molecule has 1 heterocycles. The van der Waals surface area contributed by atoms with Crippen LogP contribution in [0.3, 0.4) is 0 Å². The van der Waals surface area contributed by atoms with Gasteiger partial charge in [-0.2, -0.15) is 0 Å². The fourth-order valence-corrected chi connectivity index (χ4v) is 2.85. The summed E-state index contributed by atoms with van der Waals surface area (Å²) in [5.74, 6) is -1.02. The number of carbonyl (C=O) groups is 2. The zero-order chi connectivity index (χ0) is 18.9. The van der Waals surface area contributed by atoms with Crippen LogP contribution >= 0.6 is 0 Å². The normalized spacial score (nSPS) is 11.9. The van der Waals surface area contributed by atoms with Gasteiger partial charge in [-0.15, -0.1) is 0 Å². The molecule has 0 bridgehead atoms. The SMILES string of the molecule is CCCCCC[C@@H](C)NC(=O)COC(=O)c1cc(=O)[nH]c2ccccc12. The van der Waals surface area contributed by atoms with Crippen molar-refractivity contribution < 1.29 is 14.3 Å². The van der Waals surface area contributed by atoms with E-state index in [0.717, 1.165) is 19.3 Å². The van der Waals surface area contributed by atoms with Crippen LogP contribution < -0.4 is 10.9 Å². The summed E-state index contributed by atoms with van der Waals surface area (Å²) in [6.45, 7) is 3.73. The molecule has 0 aliphatic rings. The van der Waals surface area contributed by atoms with Crippen LogP contribution in [0.25, 0.3) is 10.9 Å². The molecule has 2 rings (SSSR count). The number of hydrogen-bond acceptors (Lipinski definition) is 4. The maximum Gasteiger partial charge on any atom is 0.339 e. The average Bonchev–Trinajstić information content (AvgIpc) is 2.62. The van der Waals surface area contributed by atoms with Crippen LogP contribution in [0, 0.1) is 0 Å². The highest BCUT2D eigenvalue weighted by Gasteiger charge is 2.15. The van der Waals surface area contributed by atoms with E-state index in [-0.39, 0.29) is 29.7 Å². The Bertz CT molecular complexity index is 813. The summed E-state index contributed by atoms with van der Waals surface area (Å²) in [7, 11) is 0. The molecule has 0 radical (unpaired) electrons. The number of H-pyrrole nitrogens is 1. The minimum atomic E-state index is -0.682. The minimum Gasteiger partial charge on any atom is -0.452 e. The standard InChI is InChI=1S/C20H26N2O4/c1-3-4-5-6-9-14(2)21-19(24)13-26-20(25)16-12-18(23)22-17-11-8-7-10-15(16)17/h7-8,10-12,14H,3-6,9,13H2,1-2H3,(H,21,24)(H,22,23)/t14-/m1/s1. The zero-order valence-corrected chi connectivity index (χ0v) is 15.3. The number of ether oxygens (including phenoxy) is 1. The van der Waals surface area contributed by atoms with Gasteiger partial charge in [-0.3, -0.25) is 9.59 Å². The van der Waals surface area contributed by atoms with Gasteiger partial charge in [-0.25, -0.2) is 4.79 Å². The summed E-state index contributed by atoms with van der Waals surface area (Å²) in [6.07, 6.45) is 5.49. The van der Waals surface area contributed by atoms with E-state index in [1.54, 1.807) is 24.3 Å². The van der Waals surface area contributed by atoms with Crippen molar-refractivity contribution in [2.45, 2.75) is 52.0 Å². The smallest absolute Gasteiger partial charge is 0.339 e. The van der Waals surface area contributed by atoms with E-state index in [2.05, 4.69) is 17.2 Å². The molecule has 2 N–H and O–H groups in total. The van der Waals surface area contributed by atoms with E-state index in [4.69, 9.17) is 4.74 Å². The van der Waals surface area contributed by atoms with Crippen molar-refractivity contribution >= 4 is 22.8 Å². The Morgan fingerprint density at radius 2 is 1.96 bits per heavy atom. The first-order valence-corrected chi connectivity index (χ1v) is 9.09. The molecule has 0 saturated carbocycles. The number of carbonyl (C=O) groups excluding carboxylic acids is 2. The Morgan fingerprint density at radius 1 is 1.19 bits per heavy atom. The molecule has 0 fully saturated rings. The number of pyridine rings is 1. The van der Waals surface area contributed by atoms with Gasteiger partial charge >= 0.3 is 5.97 Å². The van der Waals surface area contributed by atoms with Gasteiger partial charge in [0.25, 0.3) is 5.91 Å². The van der Waals surface area contributed by atoms with Crippen molar-refractivity contribution in [2.24, 2.45) is 0 Å². The monoisotopic (exact) mass is 358 g/mol. The fourth-order valence-electron chi connectivity index (χ4n) is 2.85. The number of unbranched alkanes of at least 4 members (excludes halogenated alkanes) is 3. The molecule has 1 atom stereocenters. The number of amides is 1. The first-order valence-electron chi connectivity index (χ1n) is 9.09. The van der Waals surface area contributed by atoms with Crippen LogP contribution in [0.2, 0.25) is 0 Å². The van der Waals surface area contributed by atoms with Crippen LogP contribution in [-0.4, -0.2) is 29.5 Å². The molecule has 0 spiro atoms. The van der Waals surface area contributed by atoms with Crippen molar-refractivity contribution in [3.8, 4) is 0 Å². The third kappa shape index (κ3) is 5.72. The van der Waals surface area contributed by atoms with Gasteiger partial charge in [0, 0.05) is 23.0 Å². The second-order valence-electron chi connectivity index (χ2n) is 6.49. The molecule has 0 saturated heterocycles. The largest absolute Gasteiger partial charge is 0.452 e. The number of hydrogen-bond donors (Lipinski definition) is 2. The van der Waals surface area contributed by atoms with E-state index in [9.17, 15) is 14.4 Å². The van der Waals surface area contributed by atoms with Crippen molar-refractivity contribution in [1.29, 1.82) is 0 Å². The lowest BCUT2D eigenvalue weighted by Gasteiger charge is -2.14. The third-order valence-electron chi connectivity index (χ3n) is 4.20. The average molecular weight is 358 g/mol. The topological polar surface area (TPSA) is 88.3 Å². The van der Waals surface area contributed by atoms with Crippen molar-refractivity contribution in [2.75, 3.05) is 6.61 Å². The van der Waals surface area contributed by atoms with Gasteiger partial charge < -0.3 is 15.0 Å². The molecule has 26 heavy (non-hydrogen) atoms. The summed E-state index contributed by atoms with van der Waals surface area (Å²) < 4.78 is 5.09. The fraction of sp³-hybridized carbons (Fsp3) is 0.450. The van der Waals surface area contributed by atoms with Gasteiger partial charge in [-0.1, -0.05) is 50.8 Å². The van der Waals surface area contributed by atoms with Gasteiger partial charge in [0.1, 0.15) is 0 Å². The molecule has 1 aromatic heterocycles. The van der Waals surface area contributed by atoms with Crippen LogP contribution in [0.4, 0.5) is 0 Å². The highest BCUT2D eigenvalue weighted by Crippen LogP contribution is 2.15. The van der Waals surface area contributed by atoms with Gasteiger partial charge in [0.15, 0.2) is 6.61 Å². The predicted molar refractivity (Wildman–Crippen MR) is 101 cm³/mol. The second-order valence-corrected chi connectivity index (χ2v) is 6.49. The number of para-hydroxylation sites is 1. The van der Waals surface area contributed by atoms with Crippen LogP contribution in [0.5, 0.6) is 0 Å². The Hall–Kier alpha value is -2.63. The Balaban J connectivity index is 1.89. The van der Waals surface area contributed by atoms with E-state index < -0.39 is 5.97 Å². The van der Waals surface area contributed by atoms with E-state index >= 15 is 0 Å².